The number of nitrogens with zero attached hydrogens (tertiary/aromatic N) is 4. The average molecular weight is 558 g/mol. The Morgan fingerprint density at radius 1 is 1.34 bits per heavy atom. The monoisotopic (exact) mass is 558 g/mol. The number of aryl methyl sites for hydroxylation is 1. The molecule has 9 heteroatoms. The van der Waals surface area contributed by atoms with Crippen LogP contribution in [0, 0.1) is 11.7 Å². The van der Waals surface area contributed by atoms with Crippen LogP contribution in [0.3, 0.4) is 0 Å². The Balaban J connectivity index is 0.00000363. The van der Waals surface area contributed by atoms with Gasteiger partial charge in [0.25, 0.3) is 0 Å². The first-order chi connectivity index (χ1) is 14.9. The number of halogens is 2. The van der Waals surface area contributed by atoms with Crippen LogP contribution in [0.1, 0.15) is 49.9 Å². The van der Waals surface area contributed by atoms with Gasteiger partial charge in [0.2, 0.25) is 0 Å². The molecule has 1 fully saturated rings. The van der Waals surface area contributed by atoms with Crippen LogP contribution in [0.25, 0.3) is 0 Å². The van der Waals surface area contributed by atoms with Gasteiger partial charge < -0.3 is 20.3 Å². The lowest BCUT2D eigenvalue weighted by atomic mass is 10.1. The summed E-state index contributed by atoms with van der Waals surface area (Å²) in [6, 6.07) is 5.17. The third-order valence-corrected chi connectivity index (χ3v) is 5.48. The van der Waals surface area contributed by atoms with E-state index in [4.69, 9.17) is 9.73 Å². The molecular formula is C23H36FIN6O. The minimum absolute atomic E-state index is 0. The molecule has 0 saturated heterocycles. The molecule has 32 heavy (non-hydrogen) atoms. The molecule has 0 aliphatic heterocycles. The van der Waals surface area contributed by atoms with Crippen LogP contribution in [0.2, 0.25) is 0 Å². The lowest BCUT2D eigenvalue weighted by Crippen LogP contribution is -2.39. The number of guanidine groups is 1. The maximum Gasteiger partial charge on any atom is 0.191 e. The summed E-state index contributed by atoms with van der Waals surface area (Å²) >= 11 is 0. The summed E-state index contributed by atoms with van der Waals surface area (Å²) in [6.07, 6.45) is 6.25. The van der Waals surface area contributed by atoms with Crippen LogP contribution in [-0.2, 0) is 7.05 Å². The summed E-state index contributed by atoms with van der Waals surface area (Å²) < 4.78 is 21.9. The van der Waals surface area contributed by atoms with E-state index >= 15 is 0 Å². The molecule has 1 aliphatic carbocycles. The van der Waals surface area contributed by atoms with Crippen molar-refractivity contribution >= 4 is 29.9 Å². The molecule has 1 aromatic heterocycles. The Morgan fingerprint density at radius 3 is 2.66 bits per heavy atom. The Labute approximate surface area is 207 Å². The van der Waals surface area contributed by atoms with Crippen molar-refractivity contribution in [2.24, 2.45) is 18.0 Å². The maximum absolute atomic E-state index is 14.5. The second-order valence-corrected chi connectivity index (χ2v) is 8.46. The number of ether oxygens (including phenoxy) is 1. The summed E-state index contributed by atoms with van der Waals surface area (Å²) in [5, 5.41) is 10.9. The molecule has 2 N–H and O–H groups in total. The minimum atomic E-state index is -0.321. The number of aromatic nitrogens is 2. The van der Waals surface area contributed by atoms with Gasteiger partial charge >= 0.3 is 0 Å². The van der Waals surface area contributed by atoms with E-state index in [1.165, 1.54) is 12.8 Å². The van der Waals surface area contributed by atoms with Crippen LogP contribution in [0.5, 0.6) is 5.75 Å². The standard InChI is InChI=1S/C23H35FN6O.HI/c1-6-25-23(26-13-21(29(3)4)19-12-27-30(5)14-19)28-16(2)18-9-10-22(20(24)11-18)31-15-17-7-8-17;/h9-12,14,16-17,21H,6-8,13,15H2,1-5H3,(H2,25,26,28);1H. The molecule has 0 radical (unpaired) electrons. The normalized spacial score (nSPS) is 15.8. The smallest absolute Gasteiger partial charge is 0.191 e. The maximum atomic E-state index is 14.5. The first-order valence-corrected chi connectivity index (χ1v) is 11.0. The molecule has 0 amide bonds. The first kappa shape index (κ1) is 26.4. The summed E-state index contributed by atoms with van der Waals surface area (Å²) in [5.41, 5.74) is 1.96. The highest BCUT2D eigenvalue weighted by atomic mass is 127. The molecule has 1 heterocycles. The highest BCUT2D eigenvalue weighted by Crippen LogP contribution is 2.30. The van der Waals surface area contributed by atoms with Crippen LogP contribution in [0.15, 0.2) is 35.6 Å². The zero-order chi connectivity index (χ0) is 22.4. The van der Waals surface area contributed by atoms with Crippen molar-refractivity contribution in [1.29, 1.82) is 0 Å². The van der Waals surface area contributed by atoms with E-state index in [9.17, 15) is 4.39 Å². The van der Waals surface area contributed by atoms with Crippen LogP contribution < -0.4 is 15.4 Å². The van der Waals surface area contributed by atoms with Gasteiger partial charge in [0, 0.05) is 25.4 Å². The number of aliphatic imine (C=N–C) groups is 1. The fraction of sp³-hybridized carbons (Fsp3) is 0.565. The van der Waals surface area contributed by atoms with E-state index in [0.717, 1.165) is 17.7 Å². The summed E-state index contributed by atoms with van der Waals surface area (Å²) in [4.78, 5) is 6.91. The number of hydrogen-bond acceptors (Lipinski definition) is 4. The fourth-order valence-corrected chi connectivity index (χ4v) is 3.36. The molecule has 7 nitrogen and oxygen atoms in total. The van der Waals surface area contributed by atoms with Gasteiger partial charge in [0.05, 0.1) is 31.4 Å². The second kappa shape index (κ2) is 12.4. The molecule has 3 rings (SSSR count). The van der Waals surface area contributed by atoms with Gasteiger partial charge in [-0.3, -0.25) is 9.67 Å². The van der Waals surface area contributed by atoms with E-state index in [1.54, 1.807) is 16.8 Å². The molecule has 2 unspecified atom stereocenters. The number of rotatable bonds is 10. The number of likely N-dealkylation sites (N-methyl/N-ethyl adjacent to an activating group) is 1. The van der Waals surface area contributed by atoms with Gasteiger partial charge in [-0.2, -0.15) is 5.10 Å². The van der Waals surface area contributed by atoms with Crippen molar-refractivity contribution < 1.29 is 9.13 Å². The van der Waals surface area contributed by atoms with Crippen LogP contribution in [-0.4, -0.2) is 54.4 Å². The predicted octanol–water partition coefficient (Wildman–Crippen LogP) is 3.89. The second-order valence-electron chi connectivity index (χ2n) is 8.46. The number of benzene rings is 1. The summed E-state index contributed by atoms with van der Waals surface area (Å²) in [6.45, 7) is 5.93. The minimum Gasteiger partial charge on any atom is -0.490 e. The lowest BCUT2D eigenvalue weighted by molar-refractivity contribution is 0.285. The SMILES string of the molecule is CCNC(=NCC(c1cnn(C)c1)N(C)C)NC(C)c1ccc(OCC2CC2)c(F)c1.I. The third-order valence-electron chi connectivity index (χ3n) is 5.48. The highest BCUT2D eigenvalue weighted by molar-refractivity contribution is 14.0. The lowest BCUT2D eigenvalue weighted by Gasteiger charge is -2.23. The Kier molecular flexibility index (Phi) is 10.2. The summed E-state index contributed by atoms with van der Waals surface area (Å²) in [5.74, 6) is 1.29. The fourth-order valence-electron chi connectivity index (χ4n) is 3.36. The van der Waals surface area contributed by atoms with Crippen LogP contribution >= 0.6 is 24.0 Å². The first-order valence-electron chi connectivity index (χ1n) is 11.0. The molecule has 178 valence electrons. The van der Waals surface area contributed by atoms with Crippen molar-refractivity contribution in [3.8, 4) is 5.75 Å². The predicted molar refractivity (Wildman–Crippen MR) is 137 cm³/mol. The van der Waals surface area contributed by atoms with Gasteiger partial charge in [-0.05, 0) is 64.4 Å². The zero-order valence-corrected chi connectivity index (χ0v) is 22.0. The average Bonchev–Trinajstić information content (AvgIpc) is 3.46. The number of nitrogens with one attached hydrogen (secondary N) is 2. The van der Waals surface area contributed by atoms with E-state index in [1.807, 2.05) is 53.5 Å². The molecule has 2 atom stereocenters. The largest absolute Gasteiger partial charge is 0.490 e. The molecule has 1 aromatic carbocycles. The van der Waals surface area contributed by atoms with Crippen molar-refractivity contribution in [2.75, 3.05) is 33.8 Å². The van der Waals surface area contributed by atoms with Crippen molar-refractivity contribution in [2.45, 2.75) is 38.8 Å². The van der Waals surface area contributed by atoms with Crippen molar-refractivity contribution in [3.63, 3.8) is 0 Å². The topological polar surface area (TPSA) is 66.7 Å². The number of hydrogen-bond donors (Lipinski definition) is 2. The third kappa shape index (κ3) is 7.61. The van der Waals surface area contributed by atoms with E-state index in [0.29, 0.717) is 30.8 Å². The molecule has 0 spiro atoms. The molecule has 2 aromatic rings. The Hall–Kier alpha value is -1.88. The molecule has 1 aliphatic rings. The quantitative estimate of drug-likeness (QED) is 0.263. The van der Waals surface area contributed by atoms with E-state index < -0.39 is 0 Å². The summed E-state index contributed by atoms with van der Waals surface area (Å²) in [7, 11) is 5.98. The molecule has 1 saturated carbocycles. The molecular weight excluding hydrogens is 522 g/mol. The van der Waals surface area contributed by atoms with E-state index in [2.05, 4.69) is 20.6 Å². The Bertz CT molecular complexity index is 883. The van der Waals surface area contributed by atoms with E-state index in [-0.39, 0.29) is 41.9 Å². The van der Waals surface area contributed by atoms with Crippen molar-refractivity contribution in [1.82, 2.24) is 25.3 Å². The van der Waals surface area contributed by atoms with Gasteiger partial charge in [0.1, 0.15) is 0 Å². The molecule has 0 bridgehead atoms. The van der Waals surface area contributed by atoms with Gasteiger partial charge in [-0.1, -0.05) is 6.07 Å². The van der Waals surface area contributed by atoms with Gasteiger partial charge in [-0.25, -0.2) is 4.39 Å². The Morgan fingerprint density at radius 2 is 2.09 bits per heavy atom. The van der Waals surface area contributed by atoms with Crippen LogP contribution in [0.4, 0.5) is 4.39 Å². The van der Waals surface area contributed by atoms with Gasteiger partial charge in [-0.15, -0.1) is 24.0 Å². The highest BCUT2D eigenvalue weighted by Gasteiger charge is 2.22. The zero-order valence-electron chi connectivity index (χ0n) is 19.6. The van der Waals surface area contributed by atoms with Crippen molar-refractivity contribution in [3.05, 3.63) is 47.5 Å². The van der Waals surface area contributed by atoms with Gasteiger partial charge in [0.15, 0.2) is 17.5 Å².